The first-order chi connectivity index (χ1) is 26.0. The molecule has 0 bridgehead atoms. The van der Waals surface area contributed by atoms with Crippen LogP contribution in [0.5, 0.6) is 0 Å². The zero-order valence-electron chi connectivity index (χ0n) is 29.7. The van der Waals surface area contributed by atoms with E-state index in [1.54, 1.807) is 0 Å². The van der Waals surface area contributed by atoms with E-state index in [-0.39, 0.29) is 24.2 Å². The molecule has 3 amide bonds. The number of amides is 3. The van der Waals surface area contributed by atoms with Crippen LogP contribution < -0.4 is 10.6 Å². The Morgan fingerprint density at radius 2 is 1.79 bits per heavy atom. The van der Waals surface area contributed by atoms with Gasteiger partial charge in [-0.05, 0) is 86.1 Å². The highest BCUT2D eigenvalue weighted by Crippen LogP contribution is 2.33. The fourth-order valence-electron chi connectivity index (χ4n) is 7.91. The topological polar surface area (TPSA) is 154 Å². The molecule has 5 aromatic rings. The molecule has 0 spiro atoms. The van der Waals surface area contributed by atoms with Crippen molar-refractivity contribution in [1.29, 1.82) is 0 Å². The first-order valence-corrected chi connectivity index (χ1v) is 18.5. The molecule has 2 atom stereocenters. The molecular weight excluding hydrogens is 670 g/mol. The highest BCUT2D eigenvalue weighted by atomic mass is 16.5. The molecule has 274 valence electrons. The summed E-state index contributed by atoms with van der Waals surface area (Å²) in [6, 6.07) is 21.2. The van der Waals surface area contributed by atoms with Crippen LogP contribution in [0.15, 0.2) is 85.3 Å². The lowest BCUT2D eigenvalue weighted by Crippen LogP contribution is -2.53. The lowest BCUT2D eigenvalue weighted by molar-refractivity contribution is 0.0979. The van der Waals surface area contributed by atoms with Crippen molar-refractivity contribution in [2.45, 2.75) is 63.2 Å². The molecule has 2 fully saturated rings. The van der Waals surface area contributed by atoms with Crippen LogP contribution in [0.4, 0.5) is 15.3 Å². The number of ether oxygens (including phenoxy) is 1. The van der Waals surface area contributed by atoms with Crippen LogP contribution in [0.2, 0.25) is 0 Å². The number of carboxylic acid groups (broad SMARTS) is 1. The SMILES string of the molecule is O=C(Nc1ccc(-c2nc(C3=CCOCC3)c3ncn(C4CCN(Cc5ccc[nH]5)CC4)c3n2)cc1)NC1CCN(C(=O)O)C(Cc2ccccc2)C1. The van der Waals surface area contributed by atoms with Crippen molar-refractivity contribution in [1.82, 2.24) is 39.6 Å². The second-order valence-electron chi connectivity index (χ2n) is 14.2. The first kappa shape index (κ1) is 34.6. The number of H-pyrrole nitrogens is 1. The number of aromatic amines is 1. The molecule has 0 aliphatic carbocycles. The maximum atomic E-state index is 13.1. The highest BCUT2D eigenvalue weighted by Gasteiger charge is 2.32. The summed E-state index contributed by atoms with van der Waals surface area (Å²) in [5.41, 5.74) is 7.39. The van der Waals surface area contributed by atoms with E-state index < -0.39 is 6.09 Å². The Morgan fingerprint density at radius 3 is 2.53 bits per heavy atom. The number of hydrogen-bond acceptors (Lipinski definition) is 7. The van der Waals surface area contributed by atoms with Gasteiger partial charge in [0.15, 0.2) is 11.5 Å². The maximum Gasteiger partial charge on any atom is 0.407 e. The Kier molecular flexibility index (Phi) is 10.2. The standard InChI is InChI=1S/C40H45N9O4/c50-39(44-31-12-20-48(40(51)52)34(24-31)23-27-5-2-1-3-6-27)43-30-10-8-29(9-11-30)37-45-35(28-15-21-53-22-16-28)36-38(46-37)49(26-42-36)33-13-18-47(19-14-33)25-32-7-4-17-41-32/h1-11,15,17,26,31,33-34,41H,12-14,16,18-25H2,(H,51,52)(H2,43,44,50). The Balaban J connectivity index is 0.964. The molecule has 6 heterocycles. The molecule has 2 unspecified atom stereocenters. The summed E-state index contributed by atoms with van der Waals surface area (Å²) in [6.07, 6.45) is 9.54. The van der Waals surface area contributed by atoms with Gasteiger partial charge < -0.3 is 34.9 Å². The molecule has 0 saturated carbocycles. The number of benzene rings is 2. The molecule has 2 saturated heterocycles. The largest absolute Gasteiger partial charge is 0.465 e. The number of nitrogens with one attached hydrogen (secondary N) is 3. The van der Waals surface area contributed by atoms with E-state index in [1.807, 2.05) is 73.2 Å². The van der Waals surface area contributed by atoms with Crippen molar-refractivity contribution < 1.29 is 19.4 Å². The van der Waals surface area contributed by atoms with Gasteiger partial charge in [-0.15, -0.1) is 0 Å². The number of piperidine rings is 2. The summed E-state index contributed by atoms with van der Waals surface area (Å²) >= 11 is 0. The molecule has 0 radical (unpaired) electrons. The summed E-state index contributed by atoms with van der Waals surface area (Å²) in [5, 5.41) is 15.8. The third kappa shape index (κ3) is 7.96. The van der Waals surface area contributed by atoms with Gasteiger partial charge in [0.25, 0.3) is 0 Å². The fourth-order valence-corrected chi connectivity index (χ4v) is 7.91. The number of likely N-dealkylation sites (tertiary alicyclic amines) is 2. The van der Waals surface area contributed by atoms with Crippen molar-refractivity contribution in [3.63, 3.8) is 0 Å². The number of urea groups is 1. The average Bonchev–Trinajstić information content (AvgIpc) is 3.86. The molecule has 3 aliphatic rings. The van der Waals surface area contributed by atoms with Crippen LogP contribution >= 0.6 is 0 Å². The van der Waals surface area contributed by atoms with Crippen LogP contribution in [0.3, 0.4) is 0 Å². The second-order valence-corrected chi connectivity index (χ2v) is 14.2. The summed E-state index contributed by atoms with van der Waals surface area (Å²) in [4.78, 5) is 47.4. The monoisotopic (exact) mass is 715 g/mol. The van der Waals surface area contributed by atoms with E-state index in [1.165, 1.54) is 10.6 Å². The Labute approximate surface area is 308 Å². The lowest BCUT2D eigenvalue weighted by Gasteiger charge is -2.38. The van der Waals surface area contributed by atoms with Crippen molar-refractivity contribution in [2.24, 2.45) is 0 Å². The van der Waals surface area contributed by atoms with E-state index in [2.05, 4.69) is 37.2 Å². The van der Waals surface area contributed by atoms with Crippen LogP contribution in [0, 0.1) is 0 Å². The van der Waals surface area contributed by atoms with Crippen LogP contribution in [0.25, 0.3) is 28.1 Å². The molecule has 13 nitrogen and oxygen atoms in total. The van der Waals surface area contributed by atoms with Gasteiger partial charge in [-0.2, -0.15) is 0 Å². The predicted molar refractivity (Wildman–Crippen MR) is 202 cm³/mol. The normalized spacial score (nSPS) is 19.9. The van der Waals surface area contributed by atoms with Gasteiger partial charge in [0.05, 0.1) is 25.2 Å². The lowest BCUT2D eigenvalue weighted by atomic mass is 9.92. The quantitative estimate of drug-likeness (QED) is 0.138. The summed E-state index contributed by atoms with van der Waals surface area (Å²) in [6.45, 7) is 4.47. The maximum absolute atomic E-state index is 13.1. The van der Waals surface area contributed by atoms with E-state index in [9.17, 15) is 14.7 Å². The second kappa shape index (κ2) is 15.6. The highest BCUT2D eigenvalue weighted by molar-refractivity contribution is 5.90. The third-order valence-electron chi connectivity index (χ3n) is 10.7. The van der Waals surface area contributed by atoms with Gasteiger partial charge in [-0.3, -0.25) is 4.90 Å². The number of fused-ring (bicyclic) bond motifs is 1. The van der Waals surface area contributed by atoms with Crippen molar-refractivity contribution >= 4 is 34.5 Å². The number of aromatic nitrogens is 5. The minimum absolute atomic E-state index is 0.146. The molecule has 53 heavy (non-hydrogen) atoms. The molecular formula is C40H45N9O4. The van der Waals surface area contributed by atoms with Crippen LogP contribution in [0.1, 0.15) is 55.1 Å². The number of imidazole rings is 1. The van der Waals surface area contributed by atoms with E-state index >= 15 is 0 Å². The molecule has 2 aromatic carbocycles. The predicted octanol–water partition coefficient (Wildman–Crippen LogP) is 6.34. The van der Waals surface area contributed by atoms with Crippen molar-refractivity contribution in [3.8, 4) is 11.4 Å². The summed E-state index contributed by atoms with van der Waals surface area (Å²) < 4.78 is 7.85. The molecule has 3 aliphatic heterocycles. The van der Waals surface area contributed by atoms with Gasteiger partial charge >= 0.3 is 12.1 Å². The fraction of sp³-hybridized carbons (Fsp3) is 0.375. The Bertz CT molecular complexity index is 2060. The van der Waals surface area contributed by atoms with Gasteiger partial charge in [0.1, 0.15) is 5.52 Å². The van der Waals surface area contributed by atoms with E-state index in [4.69, 9.17) is 19.7 Å². The van der Waals surface area contributed by atoms with E-state index in [0.717, 1.165) is 72.5 Å². The number of nitrogens with zero attached hydrogens (tertiary/aromatic N) is 6. The third-order valence-corrected chi connectivity index (χ3v) is 10.7. The number of carbonyl (C=O) groups excluding carboxylic acids is 1. The first-order valence-electron chi connectivity index (χ1n) is 18.5. The van der Waals surface area contributed by atoms with Gasteiger partial charge in [-0.1, -0.05) is 36.4 Å². The average molecular weight is 716 g/mol. The molecule has 3 aromatic heterocycles. The molecule has 4 N–H and O–H groups in total. The zero-order chi connectivity index (χ0) is 36.1. The number of hydrogen-bond donors (Lipinski definition) is 4. The van der Waals surface area contributed by atoms with Gasteiger partial charge in [0, 0.05) is 67.4 Å². The Morgan fingerprint density at radius 1 is 0.962 bits per heavy atom. The van der Waals surface area contributed by atoms with Crippen molar-refractivity contribution in [3.05, 3.63) is 102 Å². The molecule has 8 rings (SSSR count). The minimum Gasteiger partial charge on any atom is -0.465 e. The Hall–Kier alpha value is -5.53. The van der Waals surface area contributed by atoms with Crippen molar-refractivity contribution in [2.75, 3.05) is 38.2 Å². The number of anilines is 1. The summed E-state index contributed by atoms with van der Waals surface area (Å²) in [7, 11) is 0. The zero-order valence-corrected chi connectivity index (χ0v) is 29.7. The number of rotatable bonds is 9. The van der Waals surface area contributed by atoms with Gasteiger partial charge in [0.2, 0.25) is 0 Å². The molecule has 13 heteroatoms. The van der Waals surface area contributed by atoms with Crippen LogP contribution in [-0.4, -0.2) is 96.5 Å². The van der Waals surface area contributed by atoms with E-state index in [0.29, 0.717) is 50.5 Å². The number of carbonyl (C=O) groups is 2. The smallest absolute Gasteiger partial charge is 0.407 e. The van der Waals surface area contributed by atoms with Crippen LogP contribution in [-0.2, 0) is 17.7 Å². The van der Waals surface area contributed by atoms with Gasteiger partial charge in [-0.25, -0.2) is 24.5 Å². The minimum atomic E-state index is -0.928. The summed E-state index contributed by atoms with van der Waals surface area (Å²) in [5.74, 6) is 0.608.